The molecule has 2 aliphatic heterocycles. The van der Waals surface area contributed by atoms with E-state index < -0.39 is 0 Å². The van der Waals surface area contributed by atoms with E-state index in [0.717, 1.165) is 28.0 Å². The second kappa shape index (κ2) is 8.79. The highest BCUT2D eigenvalue weighted by Crippen LogP contribution is 2.45. The minimum Gasteiger partial charge on any atom is -0.496 e. The van der Waals surface area contributed by atoms with Crippen LogP contribution in [0.1, 0.15) is 23.6 Å². The number of hydrogen-bond acceptors (Lipinski definition) is 9. The van der Waals surface area contributed by atoms with E-state index in [1.807, 2.05) is 36.4 Å². The van der Waals surface area contributed by atoms with Crippen LogP contribution in [0.4, 0.5) is 0 Å². The fraction of sp³-hybridized carbons (Fsp3) is 0.208. The number of hydrazine groups is 1. The van der Waals surface area contributed by atoms with Gasteiger partial charge in [0.25, 0.3) is 0 Å². The summed E-state index contributed by atoms with van der Waals surface area (Å²) in [5.74, 6) is 8.89. The molecule has 3 aromatic rings. The normalized spacial score (nSPS) is 16.9. The van der Waals surface area contributed by atoms with Crippen molar-refractivity contribution < 1.29 is 14.2 Å². The minimum absolute atomic E-state index is 0.251. The Bertz CT molecular complexity index is 1220. The third kappa shape index (κ3) is 3.83. The molecule has 0 saturated heterocycles. The number of fused-ring (bicyclic) bond motifs is 2. The smallest absolute Gasteiger partial charge is 0.211 e. The Morgan fingerprint density at radius 1 is 1.09 bits per heavy atom. The zero-order chi connectivity index (χ0) is 22.8. The Morgan fingerprint density at radius 2 is 1.88 bits per heavy atom. The summed E-state index contributed by atoms with van der Waals surface area (Å²) in [5, 5.41) is 3.32. The SMILES string of the molecule is COc1cc(OC)c2c(c1)OCCC1=C2NC(NN)=NC1c1ccc(-c2ncccn2)cc1. The number of guanidine groups is 1. The molecule has 0 aliphatic carbocycles. The van der Waals surface area contributed by atoms with Crippen LogP contribution in [-0.2, 0) is 0 Å². The van der Waals surface area contributed by atoms with Crippen molar-refractivity contribution in [1.29, 1.82) is 0 Å². The van der Waals surface area contributed by atoms with Crippen LogP contribution in [0.25, 0.3) is 17.1 Å². The van der Waals surface area contributed by atoms with Crippen LogP contribution in [0.5, 0.6) is 17.2 Å². The van der Waals surface area contributed by atoms with E-state index in [1.54, 1.807) is 32.7 Å². The van der Waals surface area contributed by atoms with E-state index in [2.05, 4.69) is 20.7 Å². The van der Waals surface area contributed by atoms with Crippen LogP contribution >= 0.6 is 0 Å². The molecule has 4 N–H and O–H groups in total. The van der Waals surface area contributed by atoms with E-state index in [0.29, 0.717) is 42.1 Å². The summed E-state index contributed by atoms with van der Waals surface area (Å²) in [6.45, 7) is 0.497. The lowest BCUT2D eigenvalue weighted by atomic mass is 9.91. The topological polar surface area (TPSA) is 116 Å². The molecule has 2 aliphatic rings. The van der Waals surface area contributed by atoms with Crippen LogP contribution in [-0.4, -0.2) is 36.8 Å². The molecule has 0 amide bonds. The molecule has 168 valence electrons. The van der Waals surface area contributed by atoms with Crippen molar-refractivity contribution in [3.05, 3.63) is 71.6 Å². The van der Waals surface area contributed by atoms with Crippen molar-refractivity contribution in [2.45, 2.75) is 12.5 Å². The Kier molecular flexibility index (Phi) is 5.54. The Hall–Kier alpha value is -4.11. The zero-order valence-corrected chi connectivity index (χ0v) is 18.3. The number of nitrogens with one attached hydrogen (secondary N) is 2. The van der Waals surface area contributed by atoms with Gasteiger partial charge in [0.1, 0.15) is 23.3 Å². The summed E-state index contributed by atoms with van der Waals surface area (Å²) in [7, 11) is 3.24. The summed E-state index contributed by atoms with van der Waals surface area (Å²) in [4.78, 5) is 13.5. The molecule has 5 rings (SSSR count). The van der Waals surface area contributed by atoms with Gasteiger partial charge in [-0.25, -0.2) is 20.8 Å². The molecule has 0 spiro atoms. The number of aromatic nitrogens is 2. The maximum atomic E-state index is 6.09. The van der Waals surface area contributed by atoms with Gasteiger partial charge in [-0.1, -0.05) is 24.3 Å². The molecule has 2 aromatic carbocycles. The van der Waals surface area contributed by atoms with E-state index >= 15 is 0 Å². The predicted molar refractivity (Wildman–Crippen MR) is 125 cm³/mol. The van der Waals surface area contributed by atoms with Crippen molar-refractivity contribution in [2.75, 3.05) is 20.8 Å². The molecular formula is C24H24N6O3. The Balaban J connectivity index is 1.61. The molecule has 9 nitrogen and oxygen atoms in total. The van der Waals surface area contributed by atoms with Gasteiger partial charge in [0, 0.05) is 36.5 Å². The van der Waals surface area contributed by atoms with Gasteiger partial charge in [-0.2, -0.15) is 0 Å². The maximum absolute atomic E-state index is 6.09. The van der Waals surface area contributed by atoms with E-state index in [4.69, 9.17) is 25.0 Å². The Morgan fingerprint density at radius 3 is 2.58 bits per heavy atom. The quantitative estimate of drug-likeness (QED) is 0.416. The van der Waals surface area contributed by atoms with Gasteiger partial charge < -0.3 is 19.5 Å². The molecule has 3 heterocycles. The first-order valence-corrected chi connectivity index (χ1v) is 10.5. The number of ether oxygens (including phenoxy) is 3. The van der Waals surface area contributed by atoms with Crippen molar-refractivity contribution >= 4 is 11.7 Å². The van der Waals surface area contributed by atoms with Gasteiger partial charge in [-0.05, 0) is 17.2 Å². The van der Waals surface area contributed by atoms with Gasteiger partial charge in [-0.3, -0.25) is 5.43 Å². The lowest BCUT2D eigenvalue weighted by molar-refractivity contribution is 0.315. The standard InChI is InChI=1S/C24H24N6O3/c1-31-16-12-18(32-2)20-19(13-16)33-11-8-17-21(28-24(30-25)29-22(17)20)14-4-6-15(7-5-14)23-26-9-3-10-27-23/h3-7,9-10,12-13,21H,8,11,25H2,1-2H3,(H2,28,29,30). The second-order valence-electron chi connectivity index (χ2n) is 7.55. The predicted octanol–water partition coefficient (Wildman–Crippen LogP) is 2.82. The fourth-order valence-electron chi connectivity index (χ4n) is 4.15. The highest BCUT2D eigenvalue weighted by atomic mass is 16.5. The monoisotopic (exact) mass is 444 g/mol. The third-order valence-corrected chi connectivity index (χ3v) is 5.71. The minimum atomic E-state index is -0.251. The second-order valence-corrected chi connectivity index (χ2v) is 7.55. The van der Waals surface area contributed by atoms with Crippen LogP contribution in [0.15, 0.2) is 65.4 Å². The maximum Gasteiger partial charge on any atom is 0.211 e. The number of nitrogens with two attached hydrogens (primary N) is 1. The third-order valence-electron chi connectivity index (χ3n) is 5.71. The molecule has 1 unspecified atom stereocenters. The van der Waals surface area contributed by atoms with Gasteiger partial charge in [0.05, 0.1) is 32.1 Å². The fourth-order valence-corrected chi connectivity index (χ4v) is 4.15. The molecule has 1 aromatic heterocycles. The number of methoxy groups -OCH3 is 2. The molecule has 33 heavy (non-hydrogen) atoms. The van der Waals surface area contributed by atoms with E-state index in [-0.39, 0.29) is 6.04 Å². The van der Waals surface area contributed by atoms with E-state index in [9.17, 15) is 0 Å². The summed E-state index contributed by atoms with van der Waals surface area (Å²) >= 11 is 0. The van der Waals surface area contributed by atoms with Crippen LogP contribution in [0.3, 0.4) is 0 Å². The zero-order valence-electron chi connectivity index (χ0n) is 18.3. The van der Waals surface area contributed by atoms with Crippen LogP contribution in [0.2, 0.25) is 0 Å². The molecule has 0 saturated carbocycles. The molecule has 0 radical (unpaired) electrons. The first kappa shape index (κ1) is 20.8. The number of hydrogen-bond donors (Lipinski definition) is 3. The first-order chi connectivity index (χ1) is 16.2. The van der Waals surface area contributed by atoms with Gasteiger partial charge in [0.15, 0.2) is 5.82 Å². The average Bonchev–Trinajstić information content (AvgIpc) is 3.07. The van der Waals surface area contributed by atoms with E-state index in [1.165, 1.54) is 0 Å². The molecule has 9 heteroatoms. The highest BCUT2D eigenvalue weighted by molar-refractivity contribution is 5.95. The van der Waals surface area contributed by atoms with Crippen molar-refractivity contribution in [3.8, 4) is 28.6 Å². The summed E-state index contributed by atoms with van der Waals surface area (Å²) in [6.07, 6.45) is 4.14. The summed E-state index contributed by atoms with van der Waals surface area (Å²) < 4.78 is 17.2. The number of aliphatic imine (C=N–C) groups is 1. The van der Waals surface area contributed by atoms with Gasteiger partial charge in [0.2, 0.25) is 5.96 Å². The molecule has 0 bridgehead atoms. The first-order valence-electron chi connectivity index (χ1n) is 10.5. The van der Waals surface area contributed by atoms with Crippen LogP contribution in [0, 0.1) is 0 Å². The Labute approximate surface area is 191 Å². The average molecular weight is 444 g/mol. The summed E-state index contributed by atoms with van der Waals surface area (Å²) in [5.41, 5.74) is 7.38. The van der Waals surface area contributed by atoms with Crippen molar-refractivity contribution in [3.63, 3.8) is 0 Å². The van der Waals surface area contributed by atoms with Gasteiger partial charge in [-0.15, -0.1) is 0 Å². The van der Waals surface area contributed by atoms with Gasteiger partial charge >= 0.3 is 0 Å². The summed E-state index contributed by atoms with van der Waals surface area (Å²) in [6, 6.07) is 13.3. The molecule has 0 fully saturated rings. The van der Waals surface area contributed by atoms with Crippen LogP contribution < -0.4 is 30.8 Å². The lowest BCUT2D eigenvalue weighted by Crippen LogP contribution is -2.43. The van der Waals surface area contributed by atoms with Crippen molar-refractivity contribution in [1.82, 2.24) is 20.7 Å². The number of nitrogens with zero attached hydrogens (tertiary/aromatic N) is 3. The number of rotatable bonds is 4. The largest absolute Gasteiger partial charge is 0.496 e. The number of benzene rings is 2. The highest BCUT2D eigenvalue weighted by Gasteiger charge is 2.32. The molecule has 1 atom stereocenters. The molecular weight excluding hydrogens is 420 g/mol. The lowest BCUT2D eigenvalue weighted by Gasteiger charge is -2.28. The van der Waals surface area contributed by atoms with Crippen molar-refractivity contribution in [2.24, 2.45) is 10.8 Å².